The first-order valence-corrected chi connectivity index (χ1v) is 6.53. The van der Waals surface area contributed by atoms with Crippen molar-refractivity contribution >= 4 is 0 Å². The molecule has 1 aromatic carbocycles. The molecule has 0 amide bonds. The maximum Gasteiger partial charge on any atom is 0.0233 e. The summed E-state index contributed by atoms with van der Waals surface area (Å²) < 4.78 is 0. The number of nitrogens with zero attached hydrogens (tertiary/aromatic N) is 1. The fraction of sp³-hybridized carbons (Fsp3) is 0.467. The highest BCUT2D eigenvalue weighted by Gasteiger charge is 2.13. The smallest absolute Gasteiger partial charge is 0.0233 e. The van der Waals surface area contributed by atoms with Crippen molar-refractivity contribution in [1.82, 2.24) is 4.90 Å². The van der Waals surface area contributed by atoms with Gasteiger partial charge in [0.25, 0.3) is 0 Å². The van der Waals surface area contributed by atoms with Crippen LogP contribution in [0.1, 0.15) is 24.8 Å². The summed E-state index contributed by atoms with van der Waals surface area (Å²) in [5.74, 6) is 0. The fourth-order valence-corrected chi connectivity index (χ4v) is 2.33. The Hall–Kier alpha value is -1.12. The van der Waals surface area contributed by atoms with Crippen LogP contribution in [0, 0.1) is 0 Å². The first-order chi connectivity index (χ1) is 8.38. The van der Waals surface area contributed by atoms with Gasteiger partial charge in [0.2, 0.25) is 0 Å². The molecule has 17 heavy (non-hydrogen) atoms. The number of benzene rings is 1. The topological polar surface area (TPSA) is 29.3 Å². The molecule has 2 heteroatoms. The molecule has 1 aliphatic rings. The molecule has 0 spiro atoms. The third kappa shape index (κ3) is 3.99. The Labute approximate surface area is 104 Å². The third-order valence-corrected chi connectivity index (χ3v) is 3.35. The van der Waals surface area contributed by atoms with E-state index < -0.39 is 0 Å². The van der Waals surface area contributed by atoms with E-state index in [9.17, 15) is 0 Å². The van der Waals surface area contributed by atoms with Gasteiger partial charge in [-0.15, -0.1) is 0 Å². The zero-order valence-electron chi connectivity index (χ0n) is 10.4. The Kier molecular flexibility index (Phi) is 4.77. The van der Waals surface area contributed by atoms with Crippen LogP contribution in [0.3, 0.4) is 0 Å². The van der Waals surface area contributed by atoms with E-state index >= 15 is 0 Å². The first kappa shape index (κ1) is 12.3. The van der Waals surface area contributed by atoms with Gasteiger partial charge in [0.1, 0.15) is 0 Å². The number of nitrogens with two attached hydrogens (primary N) is 1. The Morgan fingerprint density at radius 3 is 2.47 bits per heavy atom. The summed E-state index contributed by atoms with van der Waals surface area (Å²) in [6.07, 6.45) is 5.80. The SMILES string of the molecule is NCCC=C1CCN(Cc2ccccc2)CC1. The standard InChI is InChI=1S/C15H22N2/c16-10-4-7-14-8-11-17(12-9-14)13-15-5-2-1-3-6-15/h1-3,5-7H,4,8-13,16H2. The molecule has 0 atom stereocenters. The van der Waals surface area contributed by atoms with Gasteiger partial charge in [-0.1, -0.05) is 42.0 Å². The molecule has 2 nitrogen and oxygen atoms in total. The van der Waals surface area contributed by atoms with Gasteiger partial charge in [-0.2, -0.15) is 0 Å². The molecule has 0 bridgehead atoms. The van der Waals surface area contributed by atoms with E-state index in [1.54, 1.807) is 5.57 Å². The van der Waals surface area contributed by atoms with Crippen molar-refractivity contribution in [3.63, 3.8) is 0 Å². The molecule has 2 rings (SSSR count). The van der Waals surface area contributed by atoms with Gasteiger partial charge in [-0.05, 0) is 31.4 Å². The van der Waals surface area contributed by atoms with Gasteiger partial charge < -0.3 is 5.73 Å². The van der Waals surface area contributed by atoms with E-state index in [4.69, 9.17) is 5.73 Å². The Morgan fingerprint density at radius 1 is 1.12 bits per heavy atom. The number of likely N-dealkylation sites (tertiary alicyclic amines) is 1. The van der Waals surface area contributed by atoms with Gasteiger partial charge in [0.15, 0.2) is 0 Å². The molecular formula is C15H22N2. The molecular weight excluding hydrogens is 208 g/mol. The van der Waals surface area contributed by atoms with Crippen molar-refractivity contribution in [3.05, 3.63) is 47.5 Å². The second kappa shape index (κ2) is 6.58. The molecule has 1 aliphatic heterocycles. The zero-order chi connectivity index (χ0) is 11.9. The predicted molar refractivity (Wildman–Crippen MR) is 72.7 cm³/mol. The second-order valence-electron chi connectivity index (χ2n) is 4.70. The fourth-order valence-electron chi connectivity index (χ4n) is 2.33. The lowest BCUT2D eigenvalue weighted by atomic mass is 10.0. The third-order valence-electron chi connectivity index (χ3n) is 3.35. The van der Waals surface area contributed by atoms with Gasteiger partial charge in [0, 0.05) is 19.6 Å². The summed E-state index contributed by atoms with van der Waals surface area (Å²) in [6, 6.07) is 10.7. The lowest BCUT2D eigenvalue weighted by Gasteiger charge is -2.28. The number of rotatable bonds is 4. The highest BCUT2D eigenvalue weighted by Crippen LogP contribution is 2.18. The minimum Gasteiger partial charge on any atom is -0.330 e. The van der Waals surface area contributed by atoms with E-state index in [2.05, 4.69) is 41.3 Å². The van der Waals surface area contributed by atoms with Crippen molar-refractivity contribution in [2.24, 2.45) is 5.73 Å². The normalized spacial score (nSPS) is 17.1. The quantitative estimate of drug-likeness (QED) is 0.805. The average molecular weight is 230 g/mol. The van der Waals surface area contributed by atoms with Crippen LogP contribution in [0.25, 0.3) is 0 Å². The average Bonchev–Trinajstić information content (AvgIpc) is 2.39. The zero-order valence-corrected chi connectivity index (χ0v) is 10.4. The molecule has 1 heterocycles. The molecule has 0 aromatic heterocycles. The van der Waals surface area contributed by atoms with E-state index in [0.29, 0.717) is 0 Å². The molecule has 0 aliphatic carbocycles. The van der Waals surface area contributed by atoms with Gasteiger partial charge >= 0.3 is 0 Å². The van der Waals surface area contributed by atoms with Crippen molar-refractivity contribution in [2.45, 2.75) is 25.8 Å². The molecule has 1 saturated heterocycles. The molecule has 0 saturated carbocycles. The van der Waals surface area contributed by atoms with Crippen molar-refractivity contribution < 1.29 is 0 Å². The molecule has 1 fully saturated rings. The van der Waals surface area contributed by atoms with Gasteiger partial charge in [-0.25, -0.2) is 0 Å². The minimum atomic E-state index is 0.775. The second-order valence-corrected chi connectivity index (χ2v) is 4.70. The number of hydrogen-bond acceptors (Lipinski definition) is 2. The molecule has 92 valence electrons. The summed E-state index contributed by atoms with van der Waals surface area (Å²) in [4.78, 5) is 2.54. The molecule has 1 aromatic rings. The first-order valence-electron chi connectivity index (χ1n) is 6.53. The van der Waals surface area contributed by atoms with Crippen LogP contribution in [-0.4, -0.2) is 24.5 Å². The van der Waals surface area contributed by atoms with Crippen LogP contribution in [0.5, 0.6) is 0 Å². The molecule has 0 unspecified atom stereocenters. The van der Waals surface area contributed by atoms with Gasteiger partial charge in [0.05, 0.1) is 0 Å². The Morgan fingerprint density at radius 2 is 1.82 bits per heavy atom. The van der Waals surface area contributed by atoms with Crippen molar-refractivity contribution in [3.8, 4) is 0 Å². The molecule has 0 radical (unpaired) electrons. The Balaban J connectivity index is 1.80. The predicted octanol–water partition coefficient (Wildman–Crippen LogP) is 2.56. The van der Waals surface area contributed by atoms with Crippen LogP contribution in [0.4, 0.5) is 0 Å². The maximum atomic E-state index is 5.52. The monoisotopic (exact) mass is 230 g/mol. The minimum absolute atomic E-state index is 0.775. The summed E-state index contributed by atoms with van der Waals surface area (Å²) in [5, 5.41) is 0. The van der Waals surface area contributed by atoms with E-state index in [-0.39, 0.29) is 0 Å². The number of piperidine rings is 1. The van der Waals surface area contributed by atoms with Crippen LogP contribution in [0.15, 0.2) is 42.0 Å². The molecule has 2 N–H and O–H groups in total. The van der Waals surface area contributed by atoms with Crippen LogP contribution in [-0.2, 0) is 6.54 Å². The van der Waals surface area contributed by atoms with Crippen LogP contribution >= 0.6 is 0 Å². The lowest BCUT2D eigenvalue weighted by Crippen LogP contribution is -2.30. The van der Waals surface area contributed by atoms with Crippen LogP contribution < -0.4 is 5.73 Å². The highest BCUT2D eigenvalue weighted by atomic mass is 15.1. The maximum absolute atomic E-state index is 5.52. The summed E-state index contributed by atoms with van der Waals surface area (Å²) in [6.45, 7) is 4.23. The van der Waals surface area contributed by atoms with Crippen molar-refractivity contribution in [1.29, 1.82) is 0 Å². The van der Waals surface area contributed by atoms with Crippen LogP contribution in [0.2, 0.25) is 0 Å². The largest absolute Gasteiger partial charge is 0.330 e. The summed E-state index contributed by atoms with van der Waals surface area (Å²) >= 11 is 0. The highest BCUT2D eigenvalue weighted by molar-refractivity contribution is 5.15. The summed E-state index contributed by atoms with van der Waals surface area (Å²) in [7, 11) is 0. The Bertz CT molecular complexity index is 346. The van der Waals surface area contributed by atoms with Crippen molar-refractivity contribution in [2.75, 3.05) is 19.6 Å². The summed E-state index contributed by atoms with van der Waals surface area (Å²) in [5.41, 5.74) is 8.54. The number of hydrogen-bond donors (Lipinski definition) is 1. The lowest BCUT2D eigenvalue weighted by molar-refractivity contribution is 0.248. The van der Waals surface area contributed by atoms with E-state index in [0.717, 1.165) is 19.5 Å². The van der Waals surface area contributed by atoms with E-state index in [1.165, 1.54) is 31.5 Å². The van der Waals surface area contributed by atoms with E-state index in [1.807, 2.05) is 0 Å². The van der Waals surface area contributed by atoms with Gasteiger partial charge in [-0.3, -0.25) is 4.90 Å².